The van der Waals surface area contributed by atoms with Crippen molar-refractivity contribution in [2.45, 2.75) is 186 Å². The minimum Gasteiger partial charge on any atom is -0.471 e. The molecule has 125 heavy (non-hydrogen) atoms. The average Bonchev–Trinajstić information content (AvgIpc) is 0.754. The molecule has 18 nitrogen and oxygen atoms in total. The predicted octanol–water partition coefficient (Wildman–Crippen LogP) is 21.3. The van der Waals surface area contributed by atoms with Crippen LogP contribution in [0, 0.1) is 121 Å². The van der Waals surface area contributed by atoms with Crippen molar-refractivity contribution in [1.29, 1.82) is 0 Å². The molecular formula is C87H90F16N4O14S4. The Morgan fingerprint density at radius 2 is 0.600 bits per heavy atom. The van der Waals surface area contributed by atoms with Gasteiger partial charge in [-0.1, -0.05) is 51.5 Å². The lowest BCUT2D eigenvalue weighted by atomic mass is 9.92. The molecule has 38 heteroatoms. The van der Waals surface area contributed by atoms with E-state index in [-0.39, 0.29) is 17.2 Å². The maximum absolute atomic E-state index is 14.2. The Hall–Kier alpha value is -10.3. The number of amides is 2. The number of halogens is 16. The van der Waals surface area contributed by atoms with Crippen molar-refractivity contribution < 1.29 is 132 Å². The number of ether oxygens (including phenoxy) is 4. The molecule has 0 saturated heterocycles. The molecule has 4 aliphatic heterocycles. The lowest BCUT2D eigenvalue weighted by Gasteiger charge is -2.42. The third-order valence-corrected chi connectivity index (χ3v) is 27.0. The summed E-state index contributed by atoms with van der Waals surface area (Å²) in [5, 5.41) is 0. The predicted molar refractivity (Wildman–Crippen MR) is 437 cm³/mol. The van der Waals surface area contributed by atoms with Gasteiger partial charge in [-0.05, 0) is 172 Å². The first-order valence-corrected chi connectivity index (χ1v) is 46.3. The second kappa shape index (κ2) is 38.9. The molecule has 0 fully saturated rings. The Morgan fingerprint density at radius 3 is 0.896 bits per heavy atom. The molecule has 12 rings (SSSR count). The first-order valence-electron chi connectivity index (χ1n) is 39.0. The third-order valence-electron chi connectivity index (χ3n) is 21.0. The average molecular weight is 1850 g/mol. The van der Waals surface area contributed by atoms with Gasteiger partial charge in [0, 0.05) is 92.9 Å². The number of hydrogen-bond donors (Lipinski definition) is 0. The number of carbonyl (C=O) groups excluding carboxylic acids is 2. The first-order chi connectivity index (χ1) is 58.2. The minimum atomic E-state index is -4.20. The van der Waals surface area contributed by atoms with Crippen LogP contribution in [0.4, 0.5) is 103 Å². The van der Waals surface area contributed by atoms with Crippen molar-refractivity contribution in [1.82, 2.24) is 0 Å². The van der Waals surface area contributed by atoms with Crippen LogP contribution in [0.5, 0.6) is 0 Å². The molecule has 0 aromatic heterocycles. The molecule has 0 radical (unpaired) electrons. The van der Waals surface area contributed by atoms with Gasteiger partial charge < -0.3 is 28.7 Å². The van der Waals surface area contributed by atoms with E-state index in [4.69, 9.17) is 18.9 Å². The van der Waals surface area contributed by atoms with Crippen LogP contribution in [0.2, 0.25) is 0 Å². The molecule has 2 amide bonds. The van der Waals surface area contributed by atoms with Crippen molar-refractivity contribution in [2.75, 3.05) is 45.8 Å². The number of nitrogens with zero attached hydrogens (tertiary/aromatic N) is 4. The van der Waals surface area contributed by atoms with E-state index in [0.29, 0.717) is 71.6 Å². The summed E-state index contributed by atoms with van der Waals surface area (Å²) in [6.45, 7) is 29.9. The van der Waals surface area contributed by atoms with Gasteiger partial charge in [-0.2, -0.15) is 0 Å². The van der Waals surface area contributed by atoms with Crippen LogP contribution in [0.25, 0.3) is 0 Å². The highest BCUT2D eigenvalue weighted by molar-refractivity contribution is 7.90. The number of benzene rings is 8. The van der Waals surface area contributed by atoms with Crippen molar-refractivity contribution in [3.63, 3.8) is 0 Å². The zero-order valence-corrected chi connectivity index (χ0v) is 73.3. The summed E-state index contributed by atoms with van der Waals surface area (Å²) in [6.07, 6.45) is 0.667. The summed E-state index contributed by atoms with van der Waals surface area (Å²) in [6, 6.07) is 19.2. The van der Waals surface area contributed by atoms with E-state index in [1.165, 1.54) is 28.0 Å². The minimum absolute atomic E-state index is 0.281. The SMILES string of the molecule is C=C1OC(C)(C)c2cc(CS(=O)(=O)Cc3c(F)c(F)c(C)c(F)c3F)ccc2N1CCC.C=C1OC(C)c2cc(CS(=O)(=O)Cc3c(F)c(F)c(C)c(F)c3F)ccc2N1CCC.CCCCN1C(=O)OC(C)c2cc(CS(=O)(=O)Cc3c(F)c(F)c(C)c(F)c3F)ccc21.CCN1C(=O)OC(C)c2cc(CS(=O)(=O)Cc3c(F)c(F)c(C)c(F)c3F)ccc21. The molecule has 0 aliphatic carbocycles. The van der Waals surface area contributed by atoms with Crippen molar-refractivity contribution in [3.05, 3.63) is 280 Å². The van der Waals surface area contributed by atoms with Crippen LogP contribution in [0.3, 0.4) is 0 Å². The largest absolute Gasteiger partial charge is 0.471 e. The maximum atomic E-state index is 14.2. The van der Waals surface area contributed by atoms with Crippen LogP contribution in [0.1, 0.15) is 195 Å². The first kappa shape index (κ1) is 98.5. The van der Waals surface area contributed by atoms with E-state index in [2.05, 4.69) is 13.2 Å². The fourth-order valence-electron chi connectivity index (χ4n) is 14.5. The van der Waals surface area contributed by atoms with Gasteiger partial charge in [-0.15, -0.1) is 0 Å². The highest BCUT2D eigenvalue weighted by atomic mass is 32.2. The molecule has 0 N–H and O–H groups in total. The van der Waals surface area contributed by atoms with Gasteiger partial charge in [0.25, 0.3) is 0 Å². The maximum Gasteiger partial charge on any atom is 0.414 e. The van der Waals surface area contributed by atoms with Crippen molar-refractivity contribution in [2.24, 2.45) is 0 Å². The fourth-order valence-corrected chi connectivity index (χ4v) is 20.4. The number of cyclic esters (lactones) is 2. The van der Waals surface area contributed by atoms with E-state index in [0.717, 1.165) is 75.9 Å². The molecular weight excluding hydrogens is 1760 g/mol. The van der Waals surface area contributed by atoms with Crippen LogP contribution in [0.15, 0.2) is 97.7 Å². The summed E-state index contributed by atoms with van der Waals surface area (Å²) in [4.78, 5) is 30.8. The molecule has 0 spiro atoms. The molecule has 3 atom stereocenters. The van der Waals surface area contributed by atoms with Gasteiger partial charge in [-0.3, -0.25) is 9.80 Å². The van der Waals surface area contributed by atoms with E-state index < -0.39 is 253 Å². The van der Waals surface area contributed by atoms with Crippen molar-refractivity contribution in [3.8, 4) is 0 Å². The smallest absolute Gasteiger partial charge is 0.414 e. The van der Waals surface area contributed by atoms with Gasteiger partial charge >= 0.3 is 12.2 Å². The van der Waals surface area contributed by atoms with E-state index >= 15 is 0 Å². The molecule has 3 unspecified atom stereocenters. The van der Waals surface area contributed by atoms with Gasteiger partial charge in [0.2, 0.25) is 0 Å². The van der Waals surface area contributed by atoms with Crippen molar-refractivity contribution >= 4 is 74.3 Å². The van der Waals surface area contributed by atoms with Crippen LogP contribution in [-0.4, -0.2) is 72.0 Å². The summed E-state index contributed by atoms with van der Waals surface area (Å²) in [5.74, 6) is -32.7. The number of rotatable bonds is 24. The van der Waals surface area contributed by atoms with Gasteiger partial charge in [-0.25, -0.2) is 114 Å². The van der Waals surface area contributed by atoms with Gasteiger partial charge in [0.1, 0.15) is 23.9 Å². The van der Waals surface area contributed by atoms with E-state index in [9.17, 15) is 114 Å². The topological polar surface area (TPSA) is 221 Å². The molecule has 0 saturated carbocycles. The summed E-state index contributed by atoms with van der Waals surface area (Å²) >= 11 is 0. The Kier molecular flexibility index (Phi) is 30.6. The van der Waals surface area contributed by atoms with E-state index in [1.807, 2.05) is 44.4 Å². The Bertz CT molecular complexity index is 5990. The summed E-state index contributed by atoms with van der Waals surface area (Å²) < 4.78 is 346. The Morgan fingerprint density at radius 1 is 0.336 bits per heavy atom. The lowest BCUT2D eigenvalue weighted by Crippen LogP contribution is -2.38. The molecule has 8 aromatic carbocycles. The fraction of sp³-hybridized carbons (Fsp3) is 0.379. The summed E-state index contributed by atoms with van der Waals surface area (Å²) in [7, 11) is -16.7. The monoisotopic (exact) mass is 1850 g/mol. The number of hydrogen-bond acceptors (Lipinski definition) is 16. The molecule has 4 aliphatic rings. The second-order valence-corrected chi connectivity index (χ2v) is 39.1. The molecule has 4 heterocycles. The highest BCUT2D eigenvalue weighted by Gasteiger charge is 2.39. The lowest BCUT2D eigenvalue weighted by molar-refractivity contribution is 0.0204. The zero-order valence-electron chi connectivity index (χ0n) is 70.1. The van der Waals surface area contributed by atoms with Crippen LogP contribution >= 0.6 is 0 Å². The zero-order chi connectivity index (χ0) is 93.3. The molecule has 678 valence electrons. The van der Waals surface area contributed by atoms with Crippen LogP contribution in [-0.2, 0) is 110 Å². The molecule has 8 aromatic rings. The summed E-state index contributed by atoms with van der Waals surface area (Å²) in [5.41, 5.74) is -1.99. The Labute approximate surface area is 714 Å². The third kappa shape index (κ3) is 21.5. The number of anilines is 4. The highest BCUT2D eigenvalue weighted by Crippen LogP contribution is 2.45. The number of sulfone groups is 4. The number of fused-ring (bicyclic) bond motifs is 4. The van der Waals surface area contributed by atoms with Gasteiger partial charge in [0.15, 0.2) is 144 Å². The van der Waals surface area contributed by atoms with E-state index in [1.54, 1.807) is 82.3 Å². The normalized spacial score (nSPS) is 16.1. The standard InChI is InChI=1S/C23H25F4NO3S.C22H23F4NO4S.C22H23F4NO3S.C20H19F4NO4S/c1-6-9-28-14(3)31-23(4,5)17-10-15(7-8-18(17)28)11-32(29,30)12-16-21(26)19(24)13(2)20(25)22(16)27;1-4-5-8-27-17-7-6-14(9-15(17)13(3)31-22(27)28)10-32(29,30)11-16-20(25)18(23)12(2)19(24)21(16)26;1-5-8-27-14(4)30-13(3)16-9-15(6-7-18(16)27)10-31(28,29)11-17-21(25)19(23)12(2)20(24)22(17)26;1-4-25-15-6-5-12(7-13(15)11(3)29-20(25)26)8-30(27,28)9-14-18(23)16(21)10(2)17(22)19(14)24/h7-8,10H,3,6,9,11-12H2,1-2,4-5H3;6-7,9,13H,4-5,8,10-11H2,1-3H3;6-7,9,13H,4-5,8,10-11H2,1-3H3;5-7,11H,4,8-9H2,1-3H3. The van der Waals surface area contributed by atoms with Crippen LogP contribution < -0.4 is 19.6 Å². The Balaban J connectivity index is 0.000000189. The molecule has 0 bridgehead atoms. The quantitative estimate of drug-likeness (QED) is 0.0405. The number of unbranched alkanes of at least 4 members (excludes halogenated alkanes) is 1. The number of carbonyl (C=O) groups is 2. The van der Waals surface area contributed by atoms with Gasteiger partial charge in [0.05, 0.1) is 68.8 Å². The second-order valence-electron chi connectivity index (χ2n) is 30.9.